The maximum absolute atomic E-state index is 3.67. The van der Waals surface area contributed by atoms with Crippen LogP contribution >= 0.6 is 0 Å². The van der Waals surface area contributed by atoms with E-state index in [0.717, 1.165) is 19.5 Å². The van der Waals surface area contributed by atoms with Crippen LogP contribution in [0.15, 0.2) is 18.2 Å². The molecule has 1 aliphatic heterocycles. The van der Waals surface area contributed by atoms with Crippen molar-refractivity contribution in [1.82, 2.24) is 10.2 Å². The Balaban J connectivity index is 1.62. The minimum Gasteiger partial charge on any atom is -0.384 e. The predicted octanol–water partition coefficient (Wildman–Crippen LogP) is 3.30. The van der Waals surface area contributed by atoms with Gasteiger partial charge < -0.3 is 15.5 Å². The fourth-order valence-electron chi connectivity index (χ4n) is 3.26. The van der Waals surface area contributed by atoms with Crippen molar-refractivity contribution in [1.29, 1.82) is 0 Å². The number of hydrogen-bond donors (Lipinski definition) is 2. The first-order valence-corrected chi connectivity index (χ1v) is 9.04. The number of benzene rings is 1. The molecule has 1 heterocycles. The first-order valence-electron chi connectivity index (χ1n) is 9.04. The molecule has 0 radical (unpaired) electrons. The fraction of sp³-hybridized carbons (Fsp3) is 0.684. The van der Waals surface area contributed by atoms with Crippen molar-refractivity contribution in [2.45, 2.75) is 52.5 Å². The van der Waals surface area contributed by atoms with Crippen molar-refractivity contribution in [2.24, 2.45) is 0 Å². The van der Waals surface area contributed by atoms with Gasteiger partial charge in [-0.3, -0.25) is 0 Å². The van der Waals surface area contributed by atoms with Gasteiger partial charge in [-0.1, -0.05) is 26.0 Å². The Kier molecular flexibility index (Phi) is 7.20. The van der Waals surface area contributed by atoms with Crippen LogP contribution in [0.4, 0.5) is 5.69 Å². The average Bonchev–Trinajstić information content (AvgIpc) is 2.98. The highest BCUT2D eigenvalue weighted by Gasteiger charge is 2.11. The Morgan fingerprint density at radius 2 is 2.05 bits per heavy atom. The monoisotopic (exact) mass is 303 g/mol. The van der Waals surface area contributed by atoms with E-state index in [2.05, 4.69) is 54.5 Å². The molecule has 124 valence electrons. The summed E-state index contributed by atoms with van der Waals surface area (Å²) in [6.45, 7) is 12.6. The molecule has 1 aromatic carbocycles. The molecule has 1 atom stereocenters. The molecule has 0 amide bonds. The lowest BCUT2D eigenvalue weighted by atomic mass is 10.0. The van der Waals surface area contributed by atoms with Crippen molar-refractivity contribution >= 4 is 5.69 Å². The molecule has 0 bridgehead atoms. The van der Waals surface area contributed by atoms with E-state index in [1.165, 1.54) is 55.7 Å². The van der Waals surface area contributed by atoms with E-state index in [1.807, 2.05) is 0 Å². The Morgan fingerprint density at radius 1 is 1.23 bits per heavy atom. The number of rotatable bonds is 10. The van der Waals surface area contributed by atoms with Gasteiger partial charge in [-0.2, -0.15) is 0 Å². The van der Waals surface area contributed by atoms with E-state index < -0.39 is 0 Å². The van der Waals surface area contributed by atoms with E-state index >= 15 is 0 Å². The summed E-state index contributed by atoms with van der Waals surface area (Å²) in [4.78, 5) is 2.50. The van der Waals surface area contributed by atoms with Crippen LogP contribution < -0.4 is 10.6 Å². The van der Waals surface area contributed by atoms with E-state index in [-0.39, 0.29) is 0 Å². The topological polar surface area (TPSA) is 27.3 Å². The summed E-state index contributed by atoms with van der Waals surface area (Å²) in [6.07, 6.45) is 4.88. The molecule has 0 saturated carbocycles. The zero-order valence-corrected chi connectivity index (χ0v) is 14.6. The zero-order valence-electron chi connectivity index (χ0n) is 14.6. The smallest absolute Gasteiger partial charge is 0.0373 e. The summed E-state index contributed by atoms with van der Waals surface area (Å²) >= 11 is 0. The zero-order chi connectivity index (χ0) is 15.8. The van der Waals surface area contributed by atoms with Crippen LogP contribution in [0.25, 0.3) is 0 Å². The molecule has 3 nitrogen and oxygen atoms in total. The number of unbranched alkanes of at least 4 members (excludes halogenated alkanes) is 1. The van der Waals surface area contributed by atoms with Gasteiger partial charge >= 0.3 is 0 Å². The van der Waals surface area contributed by atoms with Gasteiger partial charge in [0.25, 0.3) is 0 Å². The molecule has 0 fully saturated rings. The van der Waals surface area contributed by atoms with Crippen molar-refractivity contribution < 1.29 is 0 Å². The lowest BCUT2D eigenvalue weighted by Crippen LogP contribution is -2.30. The minimum atomic E-state index is 0.556. The maximum Gasteiger partial charge on any atom is 0.0373 e. The van der Waals surface area contributed by atoms with Crippen LogP contribution in [0.3, 0.4) is 0 Å². The summed E-state index contributed by atoms with van der Waals surface area (Å²) in [5, 5.41) is 7.10. The summed E-state index contributed by atoms with van der Waals surface area (Å²) in [6, 6.07) is 7.46. The minimum absolute atomic E-state index is 0.556. The van der Waals surface area contributed by atoms with Crippen molar-refractivity contribution in [2.75, 3.05) is 38.0 Å². The van der Waals surface area contributed by atoms with Gasteiger partial charge in [0.15, 0.2) is 0 Å². The second-order valence-electron chi connectivity index (χ2n) is 6.46. The second-order valence-corrected chi connectivity index (χ2v) is 6.46. The summed E-state index contributed by atoms with van der Waals surface area (Å²) in [5.41, 5.74) is 4.29. The maximum atomic E-state index is 3.67. The molecule has 2 rings (SSSR count). The molecule has 0 aromatic heterocycles. The molecule has 1 aromatic rings. The van der Waals surface area contributed by atoms with Crippen LogP contribution in [0.1, 0.15) is 44.7 Å². The first kappa shape index (κ1) is 17.3. The normalized spacial score (nSPS) is 14.9. The van der Waals surface area contributed by atoms with Gasteiger partial charge in [0.2, 0.25) is 0 Å². The molecule has 0 aliphatic carbocycles. The third-order valence-corrected chi connectivity index (χ3v) is 4.71. The van der Waals surface area contributed by atoms with Crippen molar-refractivity contribution in [3.63, 3.8) is 0 Å². The lowest BCUT2D eigenvalue weighted by Gasteiger charge is -2.18. The molecule has 1 aliphatic rings. The highest BCUT2D eigenvalue weighted by molar-refractivity contribution is 5.56. The third-order valence-electron chi connectivity index (χ3n) is 4.71. The van der Waals surface area contributed by atoms with Crippen molar-refractivity contribution in [3.8, 4) is 0 Å². The van der Waals surface area contributed by atoms with E-state index in [1.54, 1.807) is 0 Å². The lowest BCUT2D eigenvalue weighted by molar-refractivity contribution is 0.295. The second kappa shape index (κ2) is 9.16. The van der Waals surface area contributed by atoms with E-state index in [9.17, 15) is 0 Å². The van der Waals surface area contributed by atoms with Gasteiger partial charge in [-0.05, 0) is 76.0 Å². The number of nitrogens with zero attached hydrogens (tertiary/aromatic N) is 1. The van der Waals surface area contributed by atoms with Crippen molar-refractivity contribution in [3.05, 3.63) is 29.3 Å². The van der Waals surface area contributed by atoms with E-state index in [4.69, 9.17) is 0 Å². The third kappa shape index (κ3) is 5.29. The molecule has 3 heteroatoms. The Labute approximate surface area is 136 Å². The fourth-order valence-corrected chi connectivity index (χ4v) is 3.26. The van der Waals surface area contributed by atoms with Crippen LogP contribution in [0, 0.1) is 0 Å². The summed E-state index contributed by atoms with van der Waals surface area (Å²) in [5.74, 6) is 0. The average molecular weight is 303 g/mol. The number of anilines is 1. The Bertz CT molecular complexity index is 440. The van der Waals surface area contributed by atoms with Gasteiger partial charge in [-0.15, -0.1) is 0 Å². The number of fused-ring (bicyclic) bond motifs is 1. The Morgan fingerprint density at radius 3 is 2.82 bits per heavy atom. The summed E-state index contributed by atoms with van der Waals surface area (Å²) in [7, 11) is 0. The molecule has 1 unspecified atom stereocenters. The molecule has 0 saturated heterocycles. The van der Waals surface area contributed by atoms with E-state index in [0.29, 0.717) is 6.04 Å². The summed E-state index contributed by atoms with van der Waals surface area (Å²) < 4.78 is 0. The van der Waals surface area contributed by atoms with Crippen LogP contribution in [0.2, 0.25) is 0 Å². The molecular weight excluding hydrogens is 270 g/mol. The van der Waals surface area contributed by atoms with Crippen LogP contribution in [0.5, 0.6) is 0 Å². The van der Waals surface area contributed by atoms with Gasteiger partial charge in [0, 0.05) is 18.3 Å². The molecular formula is C19H33N3. The standard InChI is InChI=1S/C19H33N3/c1-4-22(5-2)13-7-6-11-20-16(3)14-17-8-9-19-18(15-17)10-12-21-19/h8-9,15-16,20-21H,4-7,10-14H2,1-3H3. The van der Waals surface area contributed by atoms with Crippen LogP contribution in [-0.2, 0) is 12.8 Å². The quantitative estimate of drug-likeness (QED) is 0.650. The van der Waals surface area contributed by atoms with Gasteiger partial charge in [-0.25, -0.2) is 0 Å². The molecule has 0 spiro atoms. The highest BCUT2D eigenvalue weighted by Crippen LogP contribution is 2.23. The number of hydrogen-bond acceptors (Lipinski definition) is 3. The largest absolute Gasteiger partial charge is 0.384 e. The van der Waals surface area contributed by atoms with Gasteiger partial charge in [0.1, 0.15) is 0 Å². The predicted molar refractivity (Wildman–Crippen MR) is 96.8 cm³/mol. The first-order chi connectivity index (χ1) is 10.7. The van der Waals surface area contributed by atoms with Gasteiger partial charge in [0.05, 0.1) is 0 Å². The SMILES string of the molecule is CCN(CC)CCCCNC(C)Cc1ccc2c(c1)CCN2. The molecule has 22 heavy (non-hydrogen) atoms. The Hall–Kier alpha value is -1.06. The number of nitrogens with one attached hydrogen (secondary N) is 2. The highest BCUT2D eigenvalue weighted by atomic mass is 15.1. The molecule has 2 N–H and O–H groups in total. The van der Waals surface area contributed by atoms with Crippen LogP contribution in [-0.4, -0.2) is 43.7 Å².